The van der Waals surface area contributed by atoms with Crippen LogP contribution in [-0.2, 0) is 11.3 Å². The van der Waals surface area contributed by atoms with Gasteiger partial charge in [0.15, 0.2) is 11.6 Å². The molecule has 1 aromatic carbocycles. The summed E-state index contributed by atoms with van der Waals surface area (Å²) in [4.78, 5) is 22.9. The summed E-state index contributed by atoms with van der Waals surface area (Å²) in [5, 5.41) is 16.4. The molecule has 2 aromatic rings. The van der Waals surface area contributed by atoms with E-state index < -0.39 is 28.3 Å². The molecule has 1 amide bonds. The zero-order valence-electron chi connectivity index (χ0n) is 12.3. The molecule has 0 spiro atoms. The third-order valence-corrected chi connectivity index (χ3v) is 2.87. The van der Waals surface area contributed by atoms with Crippen molar-refractivity contribution in [1.82, 2.24) is 9.78 Å². The number of benzene rings is 1. The van der Waals surface area contributed by atoms with Crippen LogP contribution in [0.25, 0.3) is 0 Å². The lowest BCUT2D eigenvalue weighted by Crippen LogP contribution is -2.20. The van der Waals surface area contributed by atoms with E-state index >= 15 is 0 Å². The highest BCUT2D eigenvalue weighted by Gasteiger charge is 2.16. The van der Waals surface area contributed by atoms with Crippen molar-refractivity contribution >= 4 is 23.1 Å². The van der Waals surface area contributed by atoms with Crippen molar-refractivity contribution in [3.8, 4) is 0 Å². The zero-order chi connectivity index (χ0) is 17.1. The summed E-state index contributed by atoms with van der Waals surface area (Å²) in [6.07, 6.45) is 1.26. The van der Waals surface area contributed by atoms with Gasteiger partial charge < -0.3 is 20.3 Å². The average molecular weight is 325 g/mol. The van der Waals surface area contributed by atoms with E-state index in [1.807, 2.05) is 0 Å². The van der Waals surface area contributed by atoms with E-state index in [9.17, 15) is 23.7 Å². The van der Waals surface area contributed by atoms with Crippen molar-refractivity contribution in [2.45, 2.75) is 6.54 Å². The summed E-state index contributed by atoms with van der Waals surface area (Å²) < 4.78 is 28.7. The van der Waals surface area contributed by atoms with Gasteiger partial charge in [-0.15, -0.1) is 0 Å². The molecule has 8 nitrogen and oxygen atoms in total. The predicted molar refractivity (Wildman–Crippen MR) is 78.2 cm³/mol. The van der Waals surface area contributed by atoms with Gasteiger partial charge >= 0.3 is 5.82 Å². The number of carbonyl (C=O) groups is 1. The fourth-order valence-corrected chi connectivity index (χ4v) is 1.95. The maximum absolute atomic E-state index is 13.8. The Morgan fingerprint density at radius 1 is 1.39 bits per heavy atom. The molecule has 23 heavy (non-hydrogen) atoms. The molecule has 0 unspecified atom stereocenters. The van der Waals surface area contributed by atoms with Gasteiger partial charge in [0, 0.05) is 19.8 Å². The van der Waals surface area contributed by atoms with E-state index in [4.69, 9.17) is 0 Å². The van der Waals surface area contributed by atoms with Gasteiger partial charge in [-0.25, -0.2) is 8.78 Å². The van der Waals surface area contributed by atoms with E-state index in [0.717, 1.165) is 22.9 Å². The Balaban J connectivity index is 2.09. The molecule has 0 atom stereocenters. The van der Waals surface area contributed by atoms with Crippen LogP contribution in [0.3, 0.4) is 0 Å². The normalized spacial score (nSPS) is 10.4. The highest BCUT2D eigenvalue weighted by molar-refractivity contribution is 5.90. The van der Waals surface area contributed by atoms with E-state index in [-0.39, 0.29) is 17.9 Å². The molecule has 1 heterocycles. The third kappa shape index (κ3) is 3.78. The Morgan fingerprint density at radius 2 is 2.00 bits per heavy atom. The Bertz CT molecular complexity index is 737. The maximum Gasteiger partial charge on any atom is 0.389 e. The van der Waals surface area contributed by atoms with Crippen LogP contribution in [0, 0.1) is 21.7 Å². The molecule has 0 fully saturated rings. The number of carbonyl (C=O) groups excluding carboxylic acids is 1. The monoisotopic (exact) mass is 325 g/mol. The summed E-state index contributed by atoms with van der Waals surface area (Å²) in [6, 6.07) is 3.11. The van der Waals surface area contributed by atoms with E-state index in [2.05, 4.69) is 10.4 Å². The molecule has 0 bridgehead atoms. The smallest absolute Gasteiger partial charge is 0.373 e. The van der Waals surface area contributed by atoms with Crippen molar-refractivity contribution in [3.63, 3.8) is 0 Å². The number of hydrogen-bond donors (Lipinski definition) is 1. The molecule has 0 aliphatic carbocycles. The minimum Gasteiger partial charge on any atom is -0.373 e. The van der Waals surface area contributed by atoms with Crippen molar-refractivity contribution in [2.75, 3.05) is 24.3 Å². The summed E-state index contributed by atoms with van der Waals surface area (Å²) in [5.41, 5.74) is -0.275. The largest absolute Gasteiger partial charge is 0.389 e. The Morgan fingerprint density at radius 3 is 2.48 bits per heavy atom. The fourth-order valence-electron chi connectivity index (χ4n) is 1.95. The molecular weight excluding hydrogens is 312 g/mol. The summed E-state index contributed by atoms with van der Waals surface area (Å²) in [7, 11) is 2.98. The average Bonchev–Trinajstić information content (AvgIpc) is 2.85. The summed E-state index contributed by atoms with van der Waals surface area (Å²) in [5.74, 6) is -2.66. The number of nitro groups is 1. The molecule has 0 saturated carbocycles. The van der Waals surface area contributed by atoms with Crippen molar-refractivity contribution in [3.05, 3.63) is 46.1 Å². The van der Waals surface area contributed by atoms with Crippen molar-refractivity contribution in [2.24, 2.45) is 0 Å². The number of rotatable bonds is 5. The number of nitrogens with one attached hydrogen (secondary N) is 1. The van der Waals surface area contributed by atoms with Crippen molar-refractivity contribution in [1.29, 1.82) is 0 Å². The van der Waals surface area contributed by atoms with Gasteiger partial charge in [0.05, 0.1) is 17.4 Å². The molecular formula is C13H13F2N5O3. The molecule has 122 valence electrons. The number of aromatic nitrogens is 2. The number of anilines is 2. The number of nitrogens with zero attached hydrogens (tertiary/aromatic N) is 4. The van der Waals surface area contributed by atoms with Crippen LogP contribution in [0.4, 0.5) is 26.0 Å². The second kappa shape index (κ2) is 6.38. The molecule has 1 N–H and O–H groups in total. The lowest BCUT2D eigenvalue weighted by atomic mass is 10.2. The van der Waals surface area contributed by atoms with E-state index in [1.165, 1.54) is 25.2 Å². The predicted octanol–water partition coefficient (Wildman–Crippen LogP) is 1.77. The molecule has 2 rings (SSSR count). The van der Waals surface area contributed by atoms with Gasteiger partial charge in [0.25, 0.3) is 0 Å². The fraction of sp³-hybridized carbons (Fsp3) is 0.231. The highest BCUT2D eigenvalue weighted by Crippen LogP contribution is 2.25. The first-order valence-corrected chi connectivity index (χ1v) is 6.42. The van der Waals surface area contributed by atoms with Gasteiger partial charge in [0.1, 0.15) is 12.2 Å². The van der Waals surface area contributed by atoms with E-state index in [1.54, 1.807) is 0 Å². The van der Waals surface area contributed by atoms with Gasteiger partial charge in [-0.05, 0) is 17.1 Å². The van der Waals surface area contributed by atoms with Crippen LogP contribution in [0.5, 0.6) is 0 Å². The number of hydrogen-bond acceptors (Lipinski definition) is 5. The first kappa shape index (κ1) is 16.3. The van der Waals surface area contributed by atoms with Crippen LogP contribution in [0.15, 0.2) is 24.4 Å². The van der Waals surface area contributed by atoms with Gasteiger partial charge in [-0.3, -0.25) is 4.79 Å². The molecule has 0 radical (unpaired) electrons. The van der Waals surface area contributed by atoms with Crippen LogP contribution in [0.1, 0.15) is 0 Å². The molecule has 0 saturated heterocycles. The molecule has 10 heteroatoms. The number of halogens is 2. The van der Waals surface area contributed by atoms with Crippen LogP contribution >= 0.6 is 0 Å². The maximum atomic E-state index is 13.8. The Hall–Kier alpha value is -3.04. The van der Waals surface area contributed by atoms with Crippen LogP contribution in [0.2, 0.25) is 0 Å². The molecule has 0 aliphatic rings. The Labute approximate surface area is 129 Å². The Kier molecular flexibility index (Phi) is 4.53. The quantitative estimate of drug-likeness (QED) is 0.668. The first-order valence-electron chi connectivity index (χ1n) is 6.42. The molecule has 0 aliphatic heterocycles. The third-order valence-electron chi connectivity index (χ3n) is 2.87. The minimum atomic E-state index is -0.819. The number of amides is 1. The van der Waals surface area contributed by atoms with Crippen LogP contribution < -0.4 is 10.2 Å². The topological polar surface area (TPSA) is 93.3 Å². The second-order valence-electron chi connectivity index (χ2n) is 4.86. The second-order valence-corrected chi connectivity index (χ2v) is 4.86. The lowest BCUT2D eigenvalue weighted by molar-refractivity contribution is -0.389. The van der Waals surface area contributed by atoms with Gasteiger partial charge in [-0.1, -0.05) is 0 Å². The first-order chi connectivity index (χ1) is 10.8. The van der Waals surface area contributed by atoms with Gasteiger partial charge in [-0.2, -0.15) is 4.68 Å². The van der Waals surface area contributed by atoms with Crippen LogP contribution in [-0.4, -0.2) is 34.7 Å². The summed E-state index contributed by atoms with van der Waals surface area (Å²) >= 11 is 0. The SMILES string of the molecule is CN(C)c1c(F)cc(NC(=O)Cn2ccc([N+](=O)[O-])n2)cc1F. The zero-order valence-corrected chi connectivity index (χ0v) is 12.3. The minimum absolute atomic E-state index is 0.0581. The van der Waals surface area contributed by atoms with E-state index in [0.29, 0.717) is 0 Å². The summed E-state index contributed by atoms with van der Waals surface area (Å²) in [6.45, 7) is -0.327. The standard InChI is InChI=1S/C13H13F2N5O3/c1-18(2)13-9(14)5-8(6-10(13)15)16-12(21)7-19-4-3-11(17-19)20(22)23/h3-6H,7H2,1-2H3,(H,16,21). The highest BCUT2D eigenvalue weighted by atomic mass is 19.1. The molecule has 1 aromatic heterocycles. The lowest BCUT2D eigenvalue weighted by Gasteiger charge is -2.15. The van der Waals surface area contributed by atoms with Gasteiger partial charge in [0.2, 0.25) is 5.91 Å². The van der Waals surface area contributed by atoms with Crippen molar-refractivity contribution < 1.29 is 18.5 Å².